The van der Waals surface area contributed by atoms with Gasteiger partial charge in [0.15, 0.2) is 0 Å². The average molecular weight is 266 g/mol. The minimum Gasteiger partial charge on any atom is -0.350 e. The predicted molar refractivity (Wildman–Crippen MR) is 75.8 cm³/mol. The van der Waals surface area contributed by atoms with Crippen molar-refractivity contribution >= 4 is 17.2 Å². The van der Waals surface area contributed by atoms with Gasteiger partial charge in [-0.05, 0) is 37.9 Å². The average Bonchev–Trinajstić information content (AvgIpc) is 2.68. The first kappa shape index (κ1) is 13.6. The fourth-order valence-corrected chi connectivity index (χ4v) is 3.15. The van der Waals surface area contributed by atoms with E-state index in [2.05, 4.69) is 29.7 Å². The standard InChI is InChI=1S/C14H22N2OS/c1-2-11-7-8-12(18-11)10-16-14(17)13-6-4-3-5-9-15-13/h7-8,13,15H,2-6,9-10H2,1H3,(H,16,17). The molecule has 0 aliphatic carbocycles. The molecule has 3 nitrogen and oxygen atoms in total. The second-order valence-electron chi connectivity index (χ2n) is 4.80. The topological polar surface area (TPSA) is 41.1 Å². The van der Waals surface area contributed by atoms with Crippen molar-refractivity contribution in [2.45, 2.75) is 51.6 Å². The van der Waals surface area contributed by atoms with Gasteiger partial charge in [0, 0.05) is 9.75 Å². The van der Waals surface area contributed by atoms with E-state index in [0.717, 1.165) is 25.8 Å². The van der Waals surface area contributed by atoms with E-state index in [1.165, 1.54) is 22.6 Å². The minimum atomic E-state index is 0.0121. The van der Waals surface area contributed by atoms with E-state index in [1.54, 1.807) is 11.3 Å². The molecule has 1 aromatic heterocycles. The van der Waals surface area contributed by atoms with Gasteiger partial charge in [-0.15, -0.1) is 11.3 Å². The molecular formula is C14H22N2OS. The lowest BCUT2D eigenvalue weighted by molar-refractivity contribution is -0.123. The molecule has 1 aliphatic rings. The fourth-order valence-electron chi connectivity index (χ4n) is 2.26. The van der Waals surface area contributed by atoms with Crippen LogP contribution in [0.5, 0.6) is 0 Å². The Morgan fingerprint density at radius 2 is 2.22 bits per heavy atom. The number of aryl methyl sites for hydroxylation is 1. The molecule has 100 valence electrons. The number of rotatable bonds is 4. The molecule has 2 N–H and O–H groups in total. The van der Waals surface area contributed by atoms with E-state index in [-0.39, 0.29) is 11.9 Å². The lowest BCUT2D eigenvalue weighted by Gasteiger charge is -2.15. The van der Waals surface area contributed by atoms with Crippen LogP contribution in [-0.4, -0.2) is 18.5 Å². The smallest absolute Gasteiger partial charge is 0.237 e. The summed E-state index contributed by atoms with van der Waals surface area (Å²) in [6.45, 7) is 3.79. The van der Waals surface area contributed by atoms with Crippen LogP contribution in [-0.2, 0) is 17.8 Å². The van der Waals surface area contributed by atoms with Gasteiger partial charge in [-0.3, -0.25) is 4.79 Å². The van der Waals surface area contributed by atoms with Crippen LogP contribution in [0.3, 0.4) is 0 Å². The Labute approximate surface area is 113 Å². The largest absolute Gasteiger partial charge is 0.350 e. The number of hydrogen-bond acceptors (Lipinski definition) is 3. The van der Waals surface area contributed by atoms with Gasteiger partial charge < -0.3 is 10.6 Å². The number of amides is 1. The highest BCUT2D eigenvalue weighted by Gasteiger charge is 2.18. The van der Waals surface area contributed by atoms with E-state index < -0.39 is 0 Å². The molecule has 1 amide bonds. The number of carbonyl (C=O) groups is 1. The van der Waals surface area contributed by atoms with E-state index in [0.29, 0.717) is 6.54 Å². The monoisotopic (exact) mass is 266 g/mol. The Bertz CT molecular complexity index is 381. The van der Waals surface area contributed by atoms with Crippen LogP contribution in [0.25, 0.3) is 0 Å². The highest BCUT2D eigenvalue weighted by Crippen LogP contribution is 2.16. The first-order chi connectivity index (χ1) is 8.79. The Morgan fingerprint density at radius 3 is 3.00 bits per heavy atom. The molecule has 0 spiro atoms. The van der Waals surface area contributed by atoms with Gasteiger partial charge in [-0.1, -0.05) is 19.8 Å². The molecule has 1 saturated heterocycles. The third kappa shape index (κ3) is 3.82. The van der Waals surface area contributed by atoms with Crippen LogP contribution >= 0.6 is 11.3 Å². The van der Waals surface area contributed by atoms with E-state index in [1.807, 2.05) is 0 Å². The Hall–Kier alpha value is -0.870. The van der Waals surface area contributed by atoms with E-state index >= 15 is 0 Å². The van der Waals surface area contributed by atoms with Crippen LogP contribution in [0.4, 0.5) is 0 Å². The van der Waals surface area contributed by atoms with Crippen LogP contribution < -0.4 is 10.6 Å². The molecule has 0 bridgehead atoms. The molecule has 1 fully saturated rings. The highest BCUT2D eigenvalue weighted by molar-refractivity contribution is 7.11. The molecule has 2 heterocycles. The van der Waals surface area contributed by atoms with Gasteiger partial charge in [-0.2, -0.15) is 0 Å². The van der Waals surface area contributed by atoms with Crippen molar-refractivity contribution in [1.29, 1.82) is 0 Å². The van der Waals surface area contributed by atoms with Crippen molar-refractivity contribution in [3.8, 4) is 0 Å². The molecule has 0 aromatic carbocycles. The second kappa shape index (κ2) is 6.90. The van der Waals surface area contributed by atoms with Crippen LogP contribution in [0.2, 0.25) is 0 Å². The molecule has 1 unspecified atom stereocenters. The summed E-state index contributed by atoms with van der Waals surface area (Å²) in [6.07, 6.45) is 5.62. The second-order valence-corrected chi connectivity index (χ2v) is 6.05. The number of carbonyl (C=O) groups excluding carboxylic acids is 1. The summed E-state index contributed by atoms with van der Waals surface area (Å²) in [5, 5.41) is 6.37. The molecule has 4 heteroatoms. The zero-order valence-electron chi connectivity index (χ0n) is 11.0. The Morgan fingerprint density at radius 1 is 1.39 bits per heavy atom. The third-order valence-corrected chi connectivity index (χ3v) is 4.61. The molecule has 1 atom stereocenters. The van der Waals surface area contributed by atoms with Gasteiger partial charge in [-0.25, -0.2) is 0 Å². The first-order valence-corrected chi connectivity index (χ1v) is 7.70. The number of thiophene rings is 1. The van der Waals surface area contributed by atoms with Gasteiger partial charge in [0.25, 0.3) is 0 Å². The predicted octanol–water partition coefficient (Wildman–Crippen LogP) is 2.46. The van der Waals surface area contributed by atoms with Crippen molar-refractivity contribution in [2.75, 3.05) is 6.54 Å². The normalized spacial score (nSPS) is 20.4. The van der Waals surface area contributed by atoms with Crippen molar-refractivity contribution in [3.63, 3.8) is 0 Å². The molecule has 18 heavy (non-hydrogen) atoms. The van der Waals surface area contributed by atoms with Crippen LogP contribution in [0.1, 0.15) is 42.4 Å². The number of nitrogens with one attached hydrogen (secondary N) is 2. The molecule has 0 radical (unpaired) electrons. The maximum Gasteiger partial charge on any atom is 0.237 e. The van der Waals surface area contributed by atoms with Crippen molar-refractivity contribution in [1.82, 2.24) is 10.6 Å². The zero-order valence-corrected chi connectivity index (χ0v) is 11.8. The number of hydrogen-bond donors (Lipinski definition) is 2. The minimum absolute atomic E-state index is 0.0121. The zero-order chi connectivity index (χ0) is 12.8. The van der Waals surface area contributed by atoms with Crippen molar-refractivity contribution in [3.05, 3.63) is 21.9 Å². The molecule has 1 aliphatic heterocycles. The van der Waals surface area contributed by atoms with E-state index in [9.17, 15) is 4.79 Å². The summed E-state index contributed by atoms with van der Waals surface area (Å²) in [5.74, 6) is 0.156. The van der Waals surface area contributed by atoms with Crippen LogP contribution in [0, 0.1) is 0 Å². The molecule has 1 aromatic rings. The van der Waals surface area contributed by atoms with Crippen molar-refractivity contribution < 1.29 is 4.79 Å². The summed E-state index contributed by atoms with van der Waals surface area (Å²) in [7, 11) is 0. The van der Waals surface area contributed by atoms with Gasteiger partial charge in [0.1, 0.15) is 0 Å². The Balaban J connectivity index is 1.79. The molecular weight excluding hydrogens is 244 g/mol. The molecule has 2 rings (SSSR count). The van der Waals surface area contributed by atoms with Crippen molar-refractivity contribution in [2.24, 2.45) is 0 Å². The highest BCUT2D eigenvalue weighted by atomic mass is 32.1. The summed E-state index contributed by atoms with van der Waals surface area (Å²) >= 11 is 1.79. The quantitative estimate of drug-likeness (QED) is 0.879. The fraction of sp³-hybridized carbons (Fsp3) is 0.643. The summed E-state index contributed by atoms with van der Waals surface area (Å²) in [5.41, 5.74) is 0. The van der Waals surface area contributed by atoms with Crippen LogP contribution in [0.15, 0.2) is 12.1 Å². The SMILES string of the molecule is CCc1ccc(CNC(=O)C2CCCCCN2)s1. The lowest BCUT2D eigenvalue weighted by Crippen LogP contribution is -2.43. The van der Waals surface area contributed by atoms with Gasteiger partial charge >= 0.3 is 0 Å². The Kier molecular flexibility index (Phi) is 5.20. The summed E-state index contributed by atoms with van der Waals surface area (Å²) in [6, 6.07) is 4.28. The lowest BCUT2D eigenvalue weighted by atomic mass is 10.1. The maximum absolute atomic E-state index is 12.0. The summed E-state index contributed by atoms with van der Waals surface area (Å²) < 4.78 is 0. The molecule has 0 saturated carbocycles. The first-order valence-electron chi connectivity index (χ1n) is 6.88. The van der Waals surface area contributed by atoms with Gasteiger partial charge in [0.05, 0.1) is 12.6 Å². The van der Waals surface area contributed by atoms with E-state index in [4.69, 9.17) is 0 Å². The maximum atomic E-state index is 12.0. The summed E-state index contributed by atoms with van der Waals surface area (Å²) in [4.78, 5) is 14.7. The third-order valence-electron chi connectivity index (χ3n) is 3.38. The van der Waals surface area contributed by atoms with Gasteiger partial charge in [0.2, 0.25) is 5.91 Å².